The van der Waals surface area contributed by atoms with Crippen LogP contribution in [0, 0.1) is 0 Å². The molecule has 1 aliphatic rings. The SMILES string of the molecule is C=C(/C=C\C)\C=C/C(=C\C(=C)/C=C\C)C1=N\C=C/CNCCC\1=C. The predicted molar refractivity (Wildman–Crippen MR) is 108 cm³/mol. The third-order valence-corrected chi connectivity index (χ3v) is 3.36. The molecule has 2 nitrogen and oxygen atoms in total. The Morgan fingerprint density at radius 2 is 1.79 bits per heavy atom. The van der Waals surface area contributed by atoms with Crippen LogP contribution < -0.4 is 5.32 Å². The Morgan fingerprint density at radius 3 is 2.50 bits per heavy atom. The van der Waals surface area contributed by atoms with Gasteiger partial charge in [-0.05, 0) is 49.6 Å². The van der Waals surface area contributed by atoms with E-state index in [0.29, 0.717) is 0 Å². The Morgan fingerprint density at radius 1 is 1.08 bits per heavy atom. The number of aliphatic imine (C=N–C) groups is 1. The van der Waals surface area contributed by atoms with Gasteiger partial charge in [-0.3, -0.25) is 4.99 Å². The minimum atomic E-state index is 0.822. The van der Waals surface area contributed by atoms with E-state index in [0.717, 1.165) is 47.5 Å². The van der Waals surface area contributed by atoms with Crippen LogP contribution in [0.15, 0.2) is 102 Å². The zero-order chi connectivity index (χ0) is 17.8. The van der Waals surface area contributed by atoms with Gasteiger partial charge in [-0.25, -0.2) is 0 Å². The second-order valence-electron chi connectivity index (χ2n) is 5.50. The zero-order valence-electron chi connectivity index (χ0n) is 14.9. The number of hydrogen-bond donors (Lipinski definition) is 1. The molecule has 126 valence electrons. The fourth-order valence-corrected chi connectivity index (χ4v) is 2.22. The molecule has 0 saturated carbocycles. The van der Waals surface area contributed by atoms with E-state index < -0.39 is 0 Å². The Kier molecular flexibility index (Phi) is 9.10. The van der Waals surface area contributed by atoms with Crippen molar-refractivity contribution in [2.24, 2.45) is 4.99 Å². The molecule has 0 spiro atoms. The lowest BCUT2D eigenvalue weighted by molar-refractivity contribution is 0.751. The van der Waals surface area contributed by atoms with Crippen LogP contribution in [0.1, 0.15) is 20.3 Å². The fourth-order valence-electron chi connectivity index (χ4n) is 2.22. The normalized spacial score (nSPS) is 20.7. The van der Waals surface area contributed by atoms with Crippen LogP contribution in [0.3, 0.4) is 0 Å². The lowest BCUT2D eigenvalue weighted by Gasteiger charge is -2.11. The molecule has 1 rings (SSSR count). The highest BCUT2D eigenvalue weighted by atomic mass is 14.8. The van der Waals surface area contributed by atoms with E-state index in [2.05, 4.69) is 30.0 Å². The van der Waals surface area contributed by atoms with Crippen molar-refractivity contribution < 1.29 is 0 Å². The molecule has 1 aliphatic heterocycles. The highest BCUT2D eigenvalue weighted by Crippen LogP contribution is 2.16. The predicted octanol–water partition coefficient (Wildman–Crippen LogP) is 5.24. The second-order valence-corrected chi connectivity index (χ2v) is 5.50. The molecule has 0 saturated heterocycles. The summed E-state index contributed by atoms with van der Waals surface area (Å²) in [4.78, 5) is 4.63. The molecule has 1 N–H and O–H groups in total. The zero-order valence-corrected chi connectivity index (χ0v) is 14.9. The average molecular weight is 320 g/mol. The molecular weight excluding hydrogens is 292 g/mol. The van der Waals surface area contributed by atoms with Crippen molar-refractivity contribution in [2.75, 3.05) is 13.1 Å². The van der Waals surface area contributed by atoms with E-state index in [1.54, 1.807) is 0 Å². The highest BCUT2D eigenvalue weighted by Gasteiger charge is 2.09. The maximum Gasteiger partial charge on any atom is 0.0728 e. The number of nitrogens with zero attached hydrogens (tertiary/aromatic N) is 1. The van der Waals surface area contributed by atoms with E-state index in [9.17, 15) is 0 Å². The monoisotopic (exact) mass is 320 g/mol. The standard InChI is InChI=1S/C22H28N2/c1-6-9-18(3)11-12-21(17-19(4)10-7-2)22-20(5)13-16-23-14-8-15-24-22/h6-12,15,17,23H,3-5,13-14,16H2,1-2H3/b9-6-,10-7-,12-11-,15-8-,21-17+,24-22-. The fraction of sp³-hybridized carbons (Fsp3) is 0.227. The maximum atomic E-state index is 4.63. The molecule has 0 bridgehead atoms. The van der Waals surface area contributed by atoms with Gasteiger partial charge in [0, 0.05) is 18.3 Å². The van der Waals surface area contributed by atoms with Gasteiger partial charge in [0.15, 0.2) is 0 Å². The number of hydrogen-bond acceptors (Lipinski definition) is 2. The molecule has 0 aromatic rings. The lowest BCUT2D eigenvalue weighted by atomic mass is 9.98. The van der Waals surface area contributed by atoms with Gasteiger partial charge in [0.2, 0.25) is 0 Å². The Labute approximate surface area is 146 Å². The molecule has 0 atom stereocenters. The number of rotatable bonds is 6. The first-order valence-corrected chi connectivity index (χ1v) is 8.23. The largest absolute Gasteiger partial charge is 0.313 e. The molecule has 2 heteroatoms. The molecule has 24 heavy (non-hydrogen) atoms. The van der Waals surface area contributed by atoms with Crippen molar-refractivity contribution >= 4 is 5.71 Å². The van der Waals surface area contributed by atoms with Crippen LogP contribution >= 0.6 is 0 Å². The summed E-state index contributed by atoms with van der Waals surface area (Å²) in [6, 6.07) is 0. The van der Waals surface area contributed by atoms with Crippen molar-refractivity contribution in [2.45, 2.75) is 20.3 Å². The lowest BCUT2D eigenvalue weighted by Crippen LogP contribution is -2.16. The molecule has 0 amide bonds. The quantitative estimate of drug-likeness (QED) is 0.665. The van der Waals surface area contributed by atoms with E-state index in [1.165, 1.54) is 0 Å². The van der Waals surface area contributed by atoms with E-state index in [4.69, 9.17) is 0 Å². The Bertz CT molecular complexity index is 649. The summed E-state index contributed by atoms with van der Waals surface area (Å²) in [6.07, 6.45) is 18.6. The van der Waals surface area contributed by atoms with Crippen molar-refractivity contribution in [1.29, 1.82) is 0 Å². The average Bonchev–Trinajstić information content (AvgIpc) is 2.64. The van der Waals surface area contributed by atoms with Crippen molar-refractivity contribution in [3.8, 4) is 0 Å². The van der Waals surface area contributed by atoms with Crippen LogP contribution in [-0.2, 0) is 0 Å². The molecule has 0 radical (unpaired) electrons. The van der Waals surface area contributed by atoms with E-state index in [1.807, 2.05) is 68.7 Å². The van der Waals surface area contributed by atoms with Gasteiger partial charge in [0.05, 0.1) is 5.71 Å². The number of allylic oxidation sites excluding steroid dienone is 10. The minimum Gasteiger partial charge on any atom is -0.313 e. The molecule has 0 fully saturated rings. The smallest absolute Gasteiger partial charge is 0.0728 e. The molecule has 0 aliphatic carbocycles. The van der Waals surface area contributed by atoms with Gasteiger partial charge in [0.1, 0.15) is 0 Å². The summed E-state index contributed by atoms with van der Waals surface area (Å²) in [7, 11) is 0. The summed E-state index contributed by atoms with van der Waals surface area (Å²) in [5.41, 5.74) is 4.75. The summed E-state index contributed by atoms with van der Waals surface area (Å²) in [5, 5.41) is 3.33. The van der Waals surface area contributed by atoms with Crippen molar-refractivity contribution in [3.63, 3.8) is 0 Å². The van der Waals surface area contributed by atoms with Gasteiger partial charge < -0.3 is 5.32 Å². The minimum absolute atomic E-state index is 0.822. The van der Waals surface area contributed by atoms with Crippen LogP contribution in [0.2, 0.25) is 0 Å². The third kappa shape index (κ3) is 7.21. The van der Waals surface area contributed by atoms with Crippen molar-refractivity contribution in [1.82, 2.24) is 5.32 Å². The summed E-state index contributed by atoms with van der Waals surface area (Å²) in [6.45, 7) is 18.0. The van der Waals surface area contributed by atoms with Crippen LogP contribution in [0.4, 0.5) is 0 Å². The van der Waals surface area contributed by atoms with Gasteiger partial charge in [0.25, 0.3) is 0 Å². The van der Waals surface area contributed by atoms with Gasteiger partial charge in [-0.2, -0.15) is 0 Å². The first-order valence-electron chi connectivity index (χ1n) is 8.23. The number of nitrogens with one attached hydrogen (secondary N) is 1. The van der Waals surface area contributed by atoms with E-state index >= 15 is 0 Å². The molecule has 0 aromatic carbocycles. The van der Waals surface area contributed by atoms with Crippen LogP contribution in [0.25, 0.3) is 0 Å². The first-order chi connectivity index (χ1) is 11.6. The summed E-state index contributed by atoms with van der Waals surface area (Å²) < 4.78 is 0. The van der Waals surface area contributed by atoms with Gasteiger partial charge in [-0.15, -0.1) is 0 Å². The second kappa shape index (κ2) is 11.1. The van der Waals surface area contributed by atoms with E-state index in [-0.39, 0.29) is 0 Å². The molecule has 0 unspecified atom stereocenters. The molecular formula is C22H28N2. The Hall–Kier alpha value is -2.45. The Balaban J connectivity index is 3.25. The van der Waals surface area contributed by atoms with Gasteiger partial charge >= 0.3 is 0 Å². The van der Waals surface area contributed by atoms with Crippen molar-refractivity contribution in [3.05, 3.63) is 96.8 Å². The summed E-state index contributed by atoms with van der Waals surface area (Å²) in [5.74, 6) is 0. The summed E-state index contributed by atoms with van der Waals surface area (Å²) >= 11 is 0. The molecule has 0 aromatic heterocycles. The first kappa shape index (κ1) is 19.6. The van der Waals surface area contributed by atoms with Crippen LogP contribution in [-0.4, -0.2) is 18.8 Å². The van der Waals surface area contributed by atoms with Crippen LogP contribution in [0.5, 0.6) is 0 Å². The topological polar surface area (TPSA) is 24.4 Å². The maximum absolute atomic E-state index is 4.63. The highest BCUT2D eigenvalue weighted by molar-refractivity contribution is 6.14. The van der Waals surface area contributed by atoms with Gasteiger partial charge in [-0.1, -0.05) is 62.3 Å². The third-order valence-electron chi connectivity index (χ3n) is 3.36. The molecule has 1 heterocycles.